The third kappa shape index (κ3) is 4.22. The van der Waals surface area contributed by atoms with Crippen molar-refractivity contribution in [3.63, 3.8) is 0 Å². The average molecular weight is 203 g/mol. The van der Waals surface area contributed by atoms with E-state index in [0.717, 1.165) is 6.42 Å². The second kappa shape index (κ2) is 6.83. The summed E-state index contributed by atoms with van der Waals surface area (Å²) in [6, 6.07) is 3.89. The average Bonchev–Trinajstić information content (AvgIpc) is 2.16. The number of aliphatic hydroxyl groups is 1. The molecule has 0 fully saturated rings. The summed E-state index contributed by atoms with van der Waals surface area (Å²) in [6.45, 7) is 0.678. The Labute approximate surface area is 84.4 Å². The lowest BCUT2D eigenvalue weighted by Gasteiger charge is -2.10. The highest BCUT2D eigenvalue weighted by Gasteiger charge is 2.04. The lowest BCUT2D eigenvalue weighted by Crippen LogP contribution is -2.20. The van der Waals surface area contributed by atoms with Crippen molar-refractivity contribution in [3.8, 4) is 0 Å². The number of nitrogens with zero attached hydrogens (tertiary/aromatic N) is 1. The zero-order valence-electron chi connectivity index (χ0n) is 7.39. The Morgan fingerprint density at radius 3 is 2.46 bits per heavy atom. The van der Waals surface area contributed by atoms with E-state index in [1.165, 1.54) is 5.56 Å². The fourth-order valence-corrected chi connectivity index (χ4v) is 1.07. The van der Waals surface area contributed by atoms with Gasteiger partial charge in [-0.25, -0.2) is 0 Å². The van der Waals surface area contributed by atoms with Gasteiger partial charge in [-0.1, -0.05) is 0 Å². The largest absolute Gasteiger partial charge is 0.396 e. The minimum Gasteiger partial charge on any atom is -0.396 e. The SMILES string of the molecule is Cl.NCC(CO)Cc1ccncc1. The van der Waals surface area contributed by atoms with E-state index in [1.807, 2.05) is 12.1 Å². The minimum atomic E-state index is 0. The molecule has 1 atom stereocenters. The van der Waals surface area contributed by atoms with Gasteiger partial charge in [-0.05, 0) is 36.6 Å². The van der Waals surface area contributed by atoms with Crippen LogP contribution < -0.4 is 5.73 Å². The van der Waals surface area contributed by atoms with Gasteiger partial charge in [0.25, 0.3) is 0 Å². The van der Waals surface area contributed by atoms with Gasteiger partial charge >= 0.3 is 0 Å². The first-order valence-corrected chi connectivity index (χ1v) is 4.06. The zero-order valence-corrected chi connectivity index (χ0v) is 8.20. The smallest absolute Gasteiger partial charge is 0.0474 e. The normalized spacial score (nSPS) is 11.8. The third-order valence-corrected chi connectivity index (χ3v) is 1.87. The first-order valence-electron chi connectivity index (χ1n) is 4.06. The molecule has 0 aliphatic rings. The molecule has 0 aromatic carbocycles. The van der Waals surface area contributed by atoms with Gasteiger partial charge in [-0.2, -0.15) is 0 Å². The summed E-state index contributed by atoms with van der Waals surface area (Å²) >= 11 is 0. The highest BCUT2D eigenvalue weighted by Crippen LogP contribution is 2.05. The first kappa shape index (κ1) is 12.4. The summed E-state index contributed by atoms with van der Waals surface area (Å²) in [4.78, 5) is 3.91. The van der Waals surface area contributed by atoms with Crippen molar-refractivity contribution in [1.82, 2.24) is 4.98 Å². The van der Waals surface area contributed by atoms with E-state index in [-0.39, 0.29) is 24.9 Å². The highest BCUT2D eigenvalue weighted by molar-refractivity contribution is 5.85. The van der Waals surface area contributed by atoms with Crippen molar-refractivity contribution < 1.29 is 5.11 Å². The number of aromatic nitrogens is 1. The second-order valence-corrected chi connectivity index (χ2v) is 2.84. The molecule has 3 nitrogen and oxygen atoms in total. The maximum absolute atomic E-state index is 8.89. The molecule has 1 rings (SSSR count). The molecule has 1 heterocycles. The Hall–Kier alpha value is -0.640. The van der Waals surface area contributed by atoms with Crippen LogP contribution in [0.15, 0.2) is 24.5 Å². The predicted molar refractivity (Wildman–Crippen MR) is 54.8 cm³/mol. The monoisotopic (exact) mass is 202 g/mol. The van der Waals surface area contributed by atoms with E-state index in [0.29, 0.717) is 6.54 Å². The number of rotatable bonds is 4. The van der Waals surface area contributed by atoms with Gasteiger partial charge in [-0.15, -0.1) is 12.4 Å². The molecule has 74 valence electrons. The molecule has 0 amide bonds. The lowest BCUT2D eigenvalue weighted by atomic mass is 10.0. The maximum Gasteiger partial charge on any atom is 0.0474 e. The van der Waals surface area contributed by atoms with Gasteiger partial charge in [0.2, 0.25) is 0 Å². The number of hydrogen-bond donors (Lipinski definition) is 2. The molecule has 1 unspecified atom stereocenters. The van der Waals surface area contributed by atoms with Crippen LogP contribution in [0.3, 0.4) is 0 Å². The summed E-state index contributed by atoms with van der Waals surface area (Å²) in [5.74, 6) is 0.174. The Kier molecular flexibility index (Phi) is 6.49. The van der Waals surface area contributed by atoms with E-state index in [1.54, 1.807) is 12.4 Å². The molecular formula is C9H15ClN2O. The van der Waals surface area contributed by atoms with Crippen LogP contribution in [0.25, 0.3) is 0 Å². The van der Waals surface area contributed by atoms with Gasteiger partial charge < -0.3 is 10.8 Å². The molecule has 0 radical (unpaired) electrons. The molecular weight excluding hydrogens is 188 g/mol. The van der Waals surface area contributed by atoms with Crippen LogP contribution in [0.2, 0.25) is 0 Å². The molecule has 4 heteroatoms. The quantitative estimate of drug-likeness (QED) is 0.753. The lowest BCUT2D eigenvalue weighted by molar-refractivity contribution is 0.230. The van der Waals surface area contributed by atoms with Crippen molar-refractivity contribution in [1.29, 1.82) is 0 Å². The third-order valence-electron chi connectivity index (χ3n) is 1.87. The van der Waals surface area contributed by atoms with Crippen LogP contribution in [0.5, 0.6) is 0 Å². The van der Waals surface area contributed by atoms with Crippen LogP contribution in [-0.2, 0) is 6.42 Å². The molecule has 13 heavy (non-hydrogen) atoms. The predicted octanol–water partition coefficient (Wildman–Crippen LogP) is 0.613. The van der Waals surface area contributed by atoms with Crippen LogP contribution in [0.4, 0.5) is 0 Å². The standard InChI is InChI=1S/C9H14N2O.ClH/c10-6-9(7-12)5-8-1-3-11-4-2-8;/h1-4,9,12H,5-7,10H2;1H. The van der Waals surface area contributed by atoms with E-state index >= 15 is 0 Å². The molecule has 0 saturated heterocycles. The Morgan fingerprint density at radius 1 is 1.38 bits per heavy atom. The number of aliphatic hydroxyl groups excluding tert-OH is 1. The number of halogens is 1. The summed E-state index contributed by atoms with van der Waals surface area (Å²) in [6.07, 6.45) is 4.33. The van der Waals surface area contributed by atoms with Crippen molar-refractivity contribution >= 4 is 12.4 Å². The van der Waals surface area contributed by atoms with Crippen LogP contribution in [0.1, 0.15) is 5.56 Å². The van der Waals surface area contributed by atoms with Crippen LogP contribution in [-0.4, -0.2) is 23.2 Å². The maximum atomic E-state index is 8.89. The topological polar surface area (TPSA) is 59.1 Å². The van der Waals surface area contributed by atoms with Crippen LogP contribution in [0, 0.1) is 5.92 Å². The molecule has 0 aliphatic carbocycles. The summed E-state index contributed by atoms with van der Waals surface area (Å²) < 4.78 is 0. The van der Waals surface area contributed by atoms with Crippen molar-refractivity contribution in [2.75, 3.05) is 13.2 Å². The van der Waals surface area contributed by atoms with Gasteiger partial charge in [-0.3, -0.25) is 4.98 Å². The van der Waals surface area contributed by atoms with Crippen molar-refractivity contribution in [3.05, 3.63) is 30.1 Å². The first-order chi connectivity index (χ1) is 5.86. The zero-order chi connectivity index (χ0) is 8.81. The van der Waals surface area contributed by atoms with Crippen molar-refractivity contribution in [2.45, 2.75) is 6.42 Å². The molecule has 1 aromatic rings. The summed E-state index contributed by atoms with van der Waals surface area (Å²) in [7, 11) is 0. The van der Waals surface area contributed by atoms with Gasteiger partial charge in [0.1, 0.15) is 0 Å². The molecule has 0 bridgehead atoms. The molecule has 0 aliphatic heterocycles. The number of hydrogen-bond acceptors (Lipinski definition) is 3. The Morgan fingerprint density at radius 2 is 2.00 bits per heavy atom. The van der Waals surface area contributed by atoms with Crippen LogP contribution >= 0.6 is 12.4 Å². The van der Waals surface area contributed by atoms with Gasteiger partial charge in [0.05, 0.1) is 0 Å². The summed E-state index contributed by atoms with van der Waals surface area (Å²) in [5, 5.41) is 8.89. The number of pyridine rings is 1. The molecule has 3 N–H and O–H groups in total. The van der Waals surface area contributed by atoms with Gasteiger partial charge in [0.15, 0.2) is 0 Å². The highest BCUT2D eigenvalue weighted by atomic mass is 35.5. The summed E-state index contributed by atoms with van der Waals surface area (Å²) in [5.41, 5.74) is 6.63. The molecule has 1 aromatic heterocycles. The second-order valence-electron chi connectivity index (χ2n) is 2.84. The molecule has 0 spiro atoms. The Balaban J connectivity index is 0.00000144. The van der Waals surface area contributed by atoms with Gasteiger partial charge in [0, 0.05) is 19.0 Å². The van der Waals surface area contributed by atoms with E-state index in [2.05, 4.69) is 4.98 Å². The van der Waals surface area contributed by atoms with Crippen molar-refractivity contribution in [2.24, 2.45) is 11.7 Å². The van der Waals surface area contributed by atoms with E-state index in [4.69, 9.17) is 10.8 Å². The Bertz CT molecular complexity index is 214. The molecule has 0 saturated carbocycles. The number of nitrogens with two attached hydrogens (primary N) is 1. The van der Waals surface area contributed by atoms with E-state index < -0.39 is 0 Å². The minimum absolute atomic E-state index is 0. The fourth-order valence-electron chi connectivity index (χ4n) is 1.07. The fraction of sp³-hybridized carbons (Fsp3) is 0.444. The van der Waals surface area contributed by atoms with E-state index in [9.17, 15) is 0 Å².